The molecule has 5 heteroatoms. The van der Waals surface area contributed by atoms with Crippen molar-refractivity contribution in [3.63, 3.8) is 0 Å². The summed E-state index contributed by atoms with van der Waals surface area (Å²) in [6, 6.07) is 9.44. The van der Waals surface area contributed by atoms with Gasteiger partial charge in [-0.1, -0.05) is 12.1 Å². The van der Waals surface area contributed by atoms with Crippen molar-refractivity contribution < 1.29 is 14.6 Å². The maximum Gasteiger partial charge on any atom is 0.246 e. The fourth-order valence-corrected chi connectivity index (χ4v) is 2.97. The largest absolute Gasteiger partial charge is 0.479 e. The standard InChI is InChI=1S/C19H24N2O3/c1-21(17-7-2-16(14-22)3-8-17)19(23)11-6-15-4-9-18(10-5-15)24-13-12-20/h4-6,9-11,16-17,22H,2-3,7-8,13-14H2,1H3/b11-6+. The van der Waals surface area contributed by atoms with E-state index in [1.54, 1.807) is 29.2 Å². The predicted molar refractivity (Wildman–Crippen MR) is 92.2 cm³/mol. The minimum absolute atomic E-state index is 0.00717. The van der Waals surface area contributed by atoms with E-state index in [4.69, 9.17) is 10.00 Å². The van der Waals surface area contributed by atoms with Crippen LogP contribution in [0.15, 0.2) is 30.3 Å². The molecule has 0 aromatic heterocycles. The number of carbonyl (C=O) groups excluding carboxylic acids is 1. The molecule has 1 amide bonds. The van der Waals surface area contributed by atoms with Crippen LogP contribution in [0.3, 0.4) is 0 Å². The van der Waals surface area contributed by atoms with Crippen LogP contribution in [0.5, 0.6) is 5.75 Å². The fourth-order valence-electron chi connectivity index (χ4n) is 2.97. The van der Waals surface area contributed by atoms with Crippen LogP contribution in [0, 0.1) is 17.2 Å². The molecular weight excluding hydrogens is 304 g/mol. The number of carbonyl (C=O) groups is 1. The van der Waals surface area contributed by atoms with Crippen molar-refractivity contribution in [3.8, 4) is 11.8 Å². The molecule has 1 N–H and O–H groups in total. The third kappa shape index (κ3) is 5.10. The molecule has 1 aliphatic carbocycles. The van der Waals surface area contributed by atoms with E-state index in [1.807, 2.05) is 25.2 Å². The highest BCUT2D eigenvalue weighted by atomic mass is 16.5. The van der Waals surface area contributed by atoms with Crippen molar-refractivity contribution in [2.24, 2.45) is 5.92 Å². The summed E-state index contributed by atoms with van der Waals surface area (Å²) in [7, 11) is 1.84. The van der Waals surface area contributed by atoms with Crippen LogP contribution in [-0.2, 0) is 4.79 Å². The lowest BCUT2D eigenvalue weighted by molar-refractivity contribution is -0.127. The van der Waals surface area contributed by atoms with Crippen LogP contribution in [0.25, 0.3) is 6.08 Å². The van der Waals surface area contributed by atoms with Crippen molar-refractivity contribution in [1.29, 1.82) is 5.26 Å². The summed E-state index contributed by atoms with van der Waals surface area (Å²) < 4.78 is 5.19. The average Bonchev–Trinajstić information content (AvgIpc) is 2.64. The summed E-state index contributed by atoms with van der Waals surface area (Å²) in [4.78, 5) is 14.1. The van der Waals surface area contributed by atoms with E-state index in [0.717, 1.165) is 31.2 Å². The molecular formula is C19H24N2O3. The number of hydrogen-bond donors (Lipinski definition) is 1. The second-order valence-electron chi connectivity index (χ2n) is 6.16. The highest BCUT2D eigenvalue weighted by Crippen LogP contribution is 2.26. The first-order valence-electron chi connectivity index (χ1n) is 8.29. The molecule has 0 spiro atoms. The van der Waals surface area contributed by atoms with Gasteiger partial charge in [0.15, 0.2) is 6.61 Å². The molecule has 1 fully saturated rings. The number of aliphatic hydroxyl groups is 1. The highest BCUT2D eigenvalue weighted by Gasteiger charge is 2.25. The Hall–Kier alpha value is -2.32. The number of aliphatic hydroxyl groups excluding tert-OH is 1. The number of amides is 1. The molecule has 0 heterocycles. The van der Waals surface area contributed by atoms with Crippen molar-refractivity contribution in [1.82, 2.24) is 4.90 Å². The molecule has 1 aromatic rings. The minimum Gasteiger partial charge on any atom is -0.479 e. The highest BCUT2D eigenvalue weighted by molar-refractivity contribution is 5.91. The van der Waals surface area contributed by atoms with E-state index in [2.05, 4.69) is 0 Å². The third-order valence-corrected chi connectivity index (χ3v) is 4.57. The van der Waals surface area contributed by atoms with E-state index in [-0.39, 0.29) is 25.2 Å². The molecule has 1 aromatic carbocycles. The summed E-state index contributed by atoms with van der Waals surface area (Å²) >= 11 is 0. The van der Waals surface area contributed by atoms with Gasteiger partial charge in [-0.05, 0) is 55.4 Å². The molecule has 1 saturated carbocycles. The topological polar surface area (TPSA) is 73.6 Å². The van der Waals surface area contributed by atoms with Crippen LogP contribution >= 0.6 is 0 Å². The molecule has 0 aliphatic heterocycles. The van der Waals surface area contributed by atoms with Gasteiger partial charge in [-0.2, -0.15) is 5.26 Å². The quantitative estimate of drug-likeness (QED) is 0.815. The predicted octanol–water partition coefficient (Wildman–Crippen LogP) is 2.61. The van der Waals surface area contributed by atoms with Gasteiger partial charge in [0.25, 0.3) is 0 Å². The van der Waals surface area contributed by atoms with Gasteiger partial charge in [-0.15, -0.1) is 0 Å². The zero-order valence-corrected chi connectivity index (χ0v) is 14.0. The van der Waals surface area contributed by atoms with Gasteiger partial charge in [0.2, 0.25) is 5.91 Å². The summed E-state index contributed by atoms with van der Waals surface area (Å²) in [6.45, 7) is 0.273. The first kappa shape index (κ1) is 18.0. The second kappa shape index (κ2) is 9.09. The Morgan fingerprint density at radius 1 is 1.33 bits per heavy atom. The SMILES string of the molecule is CN(C(=O)/C=C/c1ccc(OCC#N)cc1)C1CCC(CO)CC1. The maximum atomic E-state index is 12.3. The Bertz CT molecular complexity index is 596. The molecule has 24 heavy (non-hydrogen) atoms. The number of nitrogens with zero attached hydrogens (tertiary/aromatic N) is 2. The van der Waals surface area contributed by atoms with Gasteiger partial charge in [0, 0.05) is 25.8 Å². The molecule has 1 aliphatic rings. The van der Waals surface area contributed by atoms with Gasteiger partial charge in [-0.25, -0.2) is 0 Å². The summed E-state index contributed by atoms with van der Waals surface area (Å²) in [6.07, 6.45) is 7.23. The Balaban J connectivity index is 1.86. The lowest BCUT2D eigenvalue weighted by atomic mass is 9.86. The van der Waals surface area contributed by atoms with Crippen LogP contribution < -0.4 is 4.74 Å². The first-order chi connectivity index (χ1) is 11.6. The van der Waals surface area contributed by atoms with Crippen LogP contribution in [-0.4, -0.2) is 42.2 Å². The van der Waals surface area contributed by atoms with E-state index in [1.165, 1.54) is 0 Å². The van der Waals surface area contributed by atoms with E-state index < -0.39 is 0 Å². The van der Waals surface area contributed by atoms with Crippen molar-refractivity contribution >= 4 is 12.0 Å². The minimum atomic E-state index is -0.00717. The van der Waals surface area contributed by atoms with Crippen LogP contribution in [0.2, 0.25) is 0 Å². The summed E-state index contributed by atoms with van der Waals surface area (Å²) in [5, 5.41) is 17.7. The van der Waals surface area contributed by atoms with Gasteiger partial charge in [0.05, 0.1) is 0 Å². The average molecular weight is 328 g/mol. The van der Waals surface area contributed by atoms with Crippen LogP contribution in [0.4, 0.5) is 0 Å². The monoisotopic (exact) mass is 328 g/mol. The number of likely N-dealkylation sites (N-methyl/N-ethyl adjacent to an activating group) is 1. The normalized spacial score (nSPS) is 20.5. The van der Waals surface area contributed by atoms with E-state index in [0.29, 0.717) is 11.7 Å². The second-order valence-corrected chi connectivity index (χ2v) is 6.16. The zero-order valence-electron chi connectivity index (χ0n) is 14.0. The van der Waals surface area contributed by atoms with Gasteiger partial charge in [0.1, 0.15) is 11.8 Å². The molecule has 0 unspecified atom stereocenters. The molecule has 128 valence electrons. The van der Waals surface area contributed by atoms with Gasteiger partial charge < -0.3 is 14.7 Å². The lowest BCUT2D eigenvalue weighted by Gasteiger charge is -2.33. The van der Waals surface area contributed by atoms with E-state index in [9.17, 15) is 9.90 Å². The third-order valence-electron chi connectivity index (χ3n) is 4.57. The molecule has 0 bridgehead atoms. The Morgan fingerprint density at radius 3 is 2.58 bits per heavy atom. The van der Waals surface area contributed by atoms with Gasteiger partial charge >= 0.3 is 0 Å². The number of benzene rings is 1. The van der Waals surface area contributed by atoms with E-state index >= 15 is 0 Å². The Morgan fingerprint density at radius 2 is 2.00 bits per heavy atom. The summed E-state index contributed by atoms with van der Waals surface area (Å²) in [5.41, 5.74) is 0.907. The number of rotatable bonds is 6. The molecule has 0 atom stereocenters. The van der Waals surface area contributed by atoms with Crippen molar-refractivity contribution in [2.75, 3.05) is 20.3 Å². The summed E-state index contributed by atoms with van der Waals surface area (Å²) in [5.74, 6) is 1.02. The smallest absolute Gasteiger partial charge is 0.246 e. The number of ether oxygens (including phenoxy) is 1. The molecule has 0 saturated heterocycles. The van der Waals surface area contributed by atoms with Crippen LogP contribution in [0.1, 0.15) is 31.2 Å². The Labute approximate surface area is 143 Å². The lowest BCUT2D eigenvalue weighted by Crippen LogP contribution is -2.39. The number of nitriles is 1. The van der Waals surface area contributed by atoms with Gasteiger partial charge in [-0.3, -0.25) is 4.79 Å². The maximum absolute atomic E-state index is 12.3. The van der Waals surface area contributed by atoms with Crippen molar-refractivity contribution in [2.45, 2.75) is 31.7 Å². The number of hydrogen-bond acceptors (Lipinski definition) is 4. The molecule has 0 radical (unpaired) electrons. The van der Waals surface area contributed by atoms with Crippen molar-refractivity contribution in [3.05, 3.63) is 35.9 Å². The molecule has 5 nitrogen and oxygen atoms in total. The molecule has 2 rings (SSSR count). The first-order valence-corrected chi connectivity index (χ1v) is 8.29. The zero-order chi connectivity index (χ0) is 17.4. The Kier molecular flexibility index (Phi) is 6.83. The fraction of sp³-hybridized carbons (Fsp3) is 0.474.